The SMILES string of the molecule is C=CCC[C@@H](C(=O)c1ccccc1)S(=O)(=O)c1ccc(C)cc1. The topological polar surface area (TPSA) is 51.2 Å². The van der Waals surface area contributed by atoms with Crippen molar-refractivity contribution in [3.63, 3.8) is 0 Å². The van der Waals surface area contributed by atoms with E-state index in [4.69, 9.17) is 0 Å². The van der Waals surface area contributed by atoms with Gasteiger partial charge in [-0.3, -0.25) is 4.79 Å². The van der Waals surface area contributed by atoms with Crippen LogP contribution in [0.15, 0.2) is 72.1 Å². The average Bonchev–Trinajstić information content (AvgIpc) is 2.56. The summed E-state index contributed by atoms with van der Waals surface area (Å²) < 4.78 is 25.8. The predicted octanol–water partition coefficient (Wildman–Crippen LogP) is 3.99. The first kappa shape index (κ1) is 17.2. The zero-order chi connectivity index (χ0) is 16.9. The van der Waals surface area contributed by atoms with E-state index in [9.17, 15) is 13.2 Å². The molecule has 0 amide bonds. The molecule has 120 valence electrons. The van der Waals surface area contributed by atoms with Crippen molar-refractivity contribution < 1.29 is 13.2 Å². The molecule has 0 saturated carbocycles. The van der Waals surface area contributed by atoms with Gasteiger partial charge in [0.1, 0.15) is 5.25 Å². The molecule has 0 heterocycles. The first-order chi connectivity index (χ1) is 11.0. The molecule has 2 aromatic carbocycles. The third kappa shape index (κ3) is 3.96. The Morgan fingerprint density at radius 1 is 1.09 bits per heavy atom. The number of hydrogen-bond acceptors (Lipinski definition) is 3. The van der Waals surface area contributed by atoms with Crippen molar-refractivity contribution >= 4 is 15.6 Å². The zero-order valence-corrected chi connectivity index (χ0v) is 13.9. The summed E-state index contributed by atoms with van der Waals surface area (Å²) in [5.74, 6) is -0.368. The molecular formula is C19H20O3S. The number of carbonyl (C=O) groups is 1. The third-order valence-electron chi connectivity index (χ3n) is 3.71. The van der Waals surface area contributed by atoms with Crippen LogP contribution >= 0.6 is 0 Å². The normalized spacial score (nSPS) is 12.6. The molecule has 3 nitrogen and oxygen atoms in total. The van der Waals surface area contributed by atoms with Gasteiger partial charge in [0.05, 0.1) is 4.90 Å². The number of aryl methyl sites for hydroxylation is 1. The second-order valence-electron chi connectivity index (χ2n) is 5.44. The molecule has 0 aliphatic carbocycles. The number of hydrogen-bond donors (Lipinski definition) is 0. The highest BCUT2D eigenvalue weighted by atomic mass is 32.2. The van der Waals surface area contributed by atoms with Crippen LogP contribution in [-0.2, 0) is 9.84 Å². The second kappa shape index (κ2) is 7.38. The van der Waals surface area contributed by atoms with Crippen LogP contribution in [0, 0.1) is 6.92 Å². The molecular weight excluding hydrogens is 308 g/mol. The molecule has 0 saturated heterocycles. The lowest BCUT2D eigenvalue weighted by Gasteiger charge is -2.16. The van der Waals surface area contributed by atoms with Crippen LogP contribution in [0.3, 0.4) is 0 Å². The van der Waals surface area contributed by atoms with Gasteiger partial charge >= 0.3 is 0 Å². The van der Waals surface area contributed by atoms with Gasteiger partial charge < -0.3 is 0 Å². The van der Waals surface area contributed by atoms with Crippen molar-refractivity contribution in [3.8, 4) is 0 Å². The molecule has 0 aromatic heterocycles. The molecule has 2 aromatic rings. The maximum Gasteiger partial charge on any atom is 0.188 e. The summed E-state index contributed by atoms with van der Waals surface area (Å²) >= 11 is 0. The van der Waals surface area contributed by atoms with Crippen LogP contribution in [0.1, 0.15) is 28.8 Å². The van der Waals surface area contributed by atoms with Gasteiger partial charge in [0.15, 0.2) is 15.6 Å². The van der Waals surface area contributed by atoms with Gasteiger partial charge in [-0.25, -0.2) is 8.42 Å². The Kier molecular flexibility index (Phi) is 5.50. The van der Waals surface area contributed by atoms with E-state index in [2.05, 4.69) is 6.58 Å². The van der Waals surface area contributed by atoms with Gasteiger partial charge in [-0.1, -0.05) is 54.1 Å². The maximum atomic E-state index is 12.9. The summed E-state index contributed by atoms with van der Waals surface area (Å²) in [6.07, 6.45) is 2.33. The van der Waals surface area contributed by atoms with Crippen molar-refractivity contribution in [2.75, 3.05) is 0 Å². The first-order valence-electron chi connectivity index (χ1n) is 7.47. The zero-order valence-electron chi connectivity index (χ0n) is 13.1. The van der Waals surface area contributed by atoms with E-state index in [1.165, 1.54) is 0 Å². The minimum absolute atomic E-state index is 0.182. The Labute approximate surface area is 137 Å². The lowest BCUT2D eigenvalue weighted by Crippen LogP contribution is -2.30. The fourth-order valence-corrected chi connectivity index (χ4v) is 4.09. The number of allylic oxidation sites excluding steroid dienone is 1. The van der Waals surface area contributed by atoms with Crippen molar-refractivity contribution in [2.24, 2.45) is 0 Å². The molecule has 0 N–H and O–H groups in total. The van der Waals surface area contributed by atoms with Crippen LogP contribution in [0.25, 0.3) is 0 Å². The van der Waals surface area contributed by atoms with E-state index < -0.39 is 15.1 Å². The highest BCUT2D eigenvalue weighted by Gasteiger charge is 2.33. The monoisotopic (exact) mass is 328 g/mol. The Morgan fingerprint density at radius 3 is 2.26 bits per heavy atom. The standard InChI is InChI=1S/C19H20O3S/c1-3-4-10-18(19(20)16-8-6-5-7-9-16)23(21,22)17-13-11-15(2)12-14-17/h3,5-9,11-14,18H,1,4,10H2,2H3/t18-/m0/s1. The number of ketones is 1. The predicted molar refractivity (Wildman–Crippen MR) is 92.4 cm³/mol. The number of sulfone groups is 1. The number of carbonyl (C=O) groups excluding carboxylic acids is 1. The highest BCUT2D eigenvalue weighted by Crippen LogP contribution is 2.23. The van der Waals surface area contributed by atoms with Gasteiger partial charge in [-0.05, 0) is 31.9 Å². The smallest absolute Gasteiger partial charge is 0.188 e. The molecule has 0 bridgehead atoms. The van der Waals surface area contributed by atoms with Crippen LogP contribution in [0.4, 0.5) is 0 Å². The summed E-state index contributed by atoms with van der Waals surface area (Å²) in [6.45, 7) is 5.51. The van der Waals surface area contributed by atoms with Gasteiger partial charge in [0.25, 0.3) is 0 Å². The first-order valence-corrected chi connectivity index (χ1v) is 9.02. The largest absolute Gasteiger partial charge is 0.293 e. The Balaban J connectivity index is 2.43. The molecule has 0 aliphatic rings. The Hall–Kier alpha value is -2.20. The molecule has 4 heteroatoms. The van der Waals surface area contributed by atoms with Gasteiger partial charge in [0.2, 0.25) is 0 Å². The van der Waals surface area contributed by atoms with E-state index in [0.717, 1.165) is 5.56 Å². The molecule has 23 heavy (non-hydrogen) atoms. The number of Topliss-reactive ketones (excluding diaryl/α,β-unsaturated/α-hetero) is 1. The van der Waals surface area contributed by atoms with Crippen molar-refractivity contribution in [2.45, 2.75) is 29.9 Å². The van der Waals surface area contributed by atoms with Crippen molar-refractivity contribution in [1.29, 1.82) is 0 Å². The van der Waals surface area contributed by atoms with Crippen LogP contribution in [-0.4, -0.2) is 19.5 Å². The summed E-state index contributed by atoms with van der Waals surface area (Å²) in [5.41, 5.74) is 1.39. The summed E-state index contributed by atoms with van der Waals surface area (Å²) in [5, 5.41) is -1.09. The van der Waals surface area contributed by atoms with E-state index >= 15 is 0 Å². The fourth-order valence-electron chi connectivity index (χ4n) is 2.38. The molecule has 0 spiro atoms. The van der Waals surface area contributed by atoms with Crippen molar-refractivity contribution in [3.05, 3.63) is 78.4 Å². The molecule has 1 atom stereocenters. The lowest BCUT2D eigenvalue weighted by atomic mass is 10.1. The summed E-state index contributed by atoms with van der Waals surface area (Å²) in [4.78, 5) is 12.9. The molecule has 0 radical (unpaired) electrons. The van der Waals surface area contributed by atoms with Gasteiger partial charge in [-0.15, -0.1) is 6.58 Å². The molecule has 0 aliphatic heterocycles. The minimum atomic E-state index is -3.73. The van der Waals surface area contributed by atoms with E-state index in [0.29, 0.717) is 12.0 Å². The van der Waals surface area contributed by atoms with Crippen LogP contribution < -0.4 is 0 Å². The summed E-state index contributed by atoms with van der Waals surface area (Å²) in [7, 11) is -3.73. The number of benzene rings is 2. The third-order valence-corrected chi connectivity index (χ3v) is 5.84. The van der Waals surface area contributed by atoms with Crippen LogP contribution in [0.5, 0.6) is 0 Å². The molecule has 2 rings (SSSR count). The minimum Gasteiger partial charge on any atom is -0.293 e. The number of rotatable bonds is 7. The second-order valence-corrected chi connectivity index (χ2v) is 7.57. The van der Waals surface area contributed by atoms with Gasteiger partial charge in [-0.2, -0.15) is 0 Å². The Morgan fingerprint density at radius 2 is 1.70 bits per heavy atom. The van der Waals surface area contributed by atoms with E-state index in [-0.39, 0.29) is 17.1 Å². The van der Waals surface area contributed by atoms with Crippen molar-refractivity contribution in [1.82, 2.24) is 0 Å². The van der Waals surface area contributed by atoms with Gasteiger partial charge in [0, 0.05) is 5.56 Å². The quantitative estimate of drug-likeness (QED) is 0.570. The lowest BCUT2D eigenvalue weighted by molar-refractivity contribution is 0.0984. The highest BCUT2D eigenvalue weighted by molar-refractivity contribution is 7.92. The molecule has 0 fully saturated rings. The fraction of sp³-hybridized carbons (Fsp3) is 0.211. The van der Waals surface area contributed by atoms with E-state index in [1.807, 2.05) is 6.92 Å². The van der Waals surface area contributed by atoms with Crippen LogP contribution in [0.2, 0.25) is 0 Å². The van der Waals surface area contributed by atoms with E-state index in [1.54, 1.807) is 60.7 Å². The maximum absolute atomic E-state index is 12.9. The molecule has 0 unspecified atom stereocenters. The average molecular weight is 328 g/mol. The summed E-state index contributed by atoms with van der Waals surface area (Å²) in [6, 6.07) is 15.2. The Bertz CT molecular complexity index is 775.